The highest BCUT2D eigenvalue weighted by atomic mass is 16.2. The molecule has 128 valence electrons. The van der Waals surface area contributed by atoms with Crippen molar-refractivity contribution in [2.45, 2.75) is 58.5 Å². The van der Waals surface area contributed by atoms with Crippen molar-refractivity contribution >= 4 is 17.8 Å². The van der Waals surface area contributed by atoms with Gasteiger partial charge in [-0.05, 0) is 39.5 Å². The summed E-state index contributed by atoms with van der Waals surface area (Å²) < 4.78 is 0. The van der Waals surface area contributed by atoms with Crippen LogP contribution in [-0.4, -0.2) is 58.8 Å². The fourth-order valence-corrected chi connectivity index (χ4v) is 4.49. The average molecular weight is 320 g/mol. The molecule has 0 aromatic rings. The number of urea groups is 1. The third-order valence-corrected chi connectivity index (χ3v) is 5.54. The molecule has 0 aromatic carbocycles. The second-order valence-corrected chi connectivity index (χ2v) is 7.27. The molecular formula is C17H28N4O2. The molecule has 0 radical (unpaired) electrons. The number of amides is 3. The van der Waals surface area contributed by atoms with Gasteiger partial charge in [0.2, 0.25) is 0 Å². The summed E-state index contributed by atoms with van der Waals surface area (Å²) in [4.78, 5) is 33.9. The molecule has 6 nitrogen and oxygen atoms in total. The first kappa shape index (κ1) is 16.3. The second kappa shape index (κ2) is 5.80. The van der Waals surface area contributed by atoms with Crippen LogP contribution in [0.1, 0.15) is 47.0 Å². The Labute approximate surface area is 138 Å². The molecule has 1 N–H and O–H groups in total. The third-order valence-electron chi connectivity index (χ3n) is 5.54. The molecule has 6 heteroatoms. The van der Waals surface area contributed by atoms with Crippen LogP contribution in [0.15, 0.2) is 4.99 Å². The van der Waals surface area contributed by atoms with Crippen molar-refractivity contribution < 1.29 is 9.59 Å². The number of aliphatic imine (C=N–C) groups is 1. The molecule has 1 aliphatic carbocycles. The maximum atomic E-state index is 13.0. The number of hydrogen-bond acceptors (Lipinski definition) is 3. The molecule has 23 heavy (non-hydrogen) atoms. The van der Waals surface area contributed by atoms with Crippen molar-refractivity contribution in [3.63, 3.8) is 0 Å². The van der Waals surface area contributed by atoms with Crippen molar-refractivity contribution in [3.05, 3.63) is 0 Å². The maximum absolute atomic E-state index is 13.0. The van der Waals surface area contributed by atoms with Crippen LogP contribution in [0.2, 0.25) is 0 Å². The minimum atomic E-state index is -0.598. The number of nitrogens with zero attached hydrogens (tertiary/aromatic N) is 3. The Bertz CT molecular complexity index is 545. The van der Waals surface area contributed by atoms with E-state index in [1.807, 2.05) is 30.6 Å². The Morgan fingerprint density at radius 1 is 1.39 bits per heavy atom. The summed E-state index contributed by atoms with van der Waals surface area (Å²) in [5, 5.41) is 2.96. The number of rotatable bonds is 3. The molecule has 3 rings (SSSR count). The first-order chi connectivity index (χ1) is 10.9. The summed E-state index contributed by atoms with van der Waals surface area (Å²) in [5.74, 6) is 1.65. The normalized spacial score (nSPS) is 32.9. The molecule has 1 saturated carbocycles. The van der Waals surface area contributed by atoms with Crippen molar-refractivity contribution in [1.29, 1.82) is 0 Å². The van der Waals surface area contributed by atoms with Crippen LogP contribution in [0, 0.1) is 11.8 Å². The summed E-state index contributed by atoms with van der Waals surface area (Å²) in [5.41, 5.74) is -0.598. The number of amidine groups is 1. The average Bonchev–Trinajstić information content (AvgIpc) is 3.13. The predicted molar refractivity (Wildman–Crippen MR) is 89.3 cm³/mol. The van der Waals surface area contributed by atoms with Crippen LogP contribution >= 0.6 is 0 Å². The highest BCUT2D eigenvalue weighted by Gasteiger charge is 2.61. The van der Waals surface area contributed by atoms with Gasteiger partial charge in [0.1, 0.15) is 11.4 Å². The molecule has 3 atom stereocenters. The highest BCUT2D eigenvalue weighted by Crippen LogP contribution is 2.50. The maximum Gasteiger partial charge on any atom is 0.317 e. The zero-order chi connectivity index (χ0) is 16.8. The number of carbonyl (C=O) groups is 2. The molecule has 2 fully saturated rings. The Hall–Kier alpha value is -1.59. The van der Waals surface area contributed by atoms with Crippen LogP contribution in [-0.2, 0) is 4.79 Å². The van der Waals surface area contributed by atoms with Crippen LogP contribution in [0.5, 0.6) is 0 Å². The predicted octanol–water partition coefficient (Wildman–Crippen LogP) is 1.86. The number of carbonyl (C=O) groups excluding carboxylic acids is 2. The molecule has 0 aromatic heterocycles. The van der Waals surface area contributed by atoms with Gasteiger partial charge in [-0.1, -0.05) is 6.92 Å². The topological polar surface area (TPSA) is 65.0 Å². The van der Waals surface area contributed by atoms with Crippen LogP contribution in [0.25, 0.3) is 0 Å². The minimum absolute atomic E-state index is 0.0120. The van der Waals surface area contributed by atoms with Crippen LogP contribution < -0.4 is 5.32 Å². The van der Waals surface area contributed by atoms with Crippen LogP contribution in [0.3, 0.4) is 0 Å². The Balaban J connectivity index is 1.81. The van der Waals surface area contributed by atoms with E-state index in [1.165, 1.54) is 0 Å². The largest absolute Gasteiger partial charge is 0.336 e. The van der Waals surface area contributed by atoms with Gasteiger partial charge in [-0.15, -0.1) is 0 Å². The van der Waals surface area contributed by atoms with Gasteiger partial charge in [-0.2, -0.15) is 0 Å². The molecule has 0 unspecified atom stereocenters. The lowest BCUT2D eigenvalue weighted by molar-refractivity contribution is -0.132. The first-order valence-corrected chi connectivity index (χ1v) is 8.89. The van der Waals surface area contributed by atoms with E-state index in [2.05, 4.69) is 12.2 Å². The molecule has 3 amide bonds. The van der Waals surface area contributed by atoms with E-state index < -0.39 is 5.54 Å². The lowest BCUT2D eigenvalue weighted by atomic mass is 9.85. The summed E-state index contributed by atoms with van der Waals surface area (Å²) in [6.45, 7) is 10.1. The second-order valence-electron chi connectivity index (χ2n) is 7.27. The third kappa shape index (κ3) is 2.42. The van der Waals surface area contributed by atoms with E-state index in [4.69, 9.17) is 4.99 Å². The molecule has 2 aliphatic heterocycles. The standard InChI is InChI=1S/C17H28N4O2/c1-5-14-19-17(15(22)21(14)6-2)8-7-12-9-20(10-13(12)17)16(23)18-11(3)4/h11-13H,5-10H2,1-4H3,(H,18,23)/t12-,13+,17-/m1/s1. The van der Waals surface area contributed by atoms with Crippen molar-refractivity contribution in [3.8, 4) is 0 Å². The summed E-state index contributed by atoms with van der Waals surface area (Å²) in [6, 6.07) is 0.118. The van der Waals surface area contributed by atoms with E-state index in [9.17, 15) is 9.59 Å². The van der Waals surface area contributed by atoms with E-state index in [0.717, 1.165) is 31.6 Å². The summed E-state index contributed by atoms with van der Waals surface area (Å²) in [6.07, 6.45) is 2.61. The Kier molecular flexibility index (Phi) is 4.10. The smallest absolute Gasteiger partial charge is 0.317 e. The summed E-state index contributed by atoms with van der Waals surface area (Å²) >= 11 is 0. The SMILES string of the molecule is CCC1=N[C@@]2(CC[C@@H]3CN(C(=O)NC(C)C)C[C@@H]32)C(=O)N1CC. The van der Waals surface area contributed by atoms with Gasteiger partial charge >= 0.3 is 6.03 Å². The highest BCUT2D eigenvalue weighted by molar-refractivity contribution is 6.08. The summed E-state index contributed by atoms with van der Waals surface area (Å²) in [7, 11) is 0. The fourth-order valence-electron chi connectivity index (χ4n) is 4.49. The molecule has 0 bridgehead atoms. The van der Waals surface area contributed by atoms with Crippen molar-refractivity contribution in [1.82, 2.24) is 15.1 Å². The lowest BCUT2D eigenvalue weighted by Gasteiger charge is -2.28. The number of nitrogens with one attached hydrogen (secondary N) is 1. The molecule has 3 aliphatic rings. The quantitative estimate of drug-likeness (QED) is 0.862. The zero-order valence-electron chi connectivity index (χ0n) is 14.6. The van der Waals surface area contributed by atoms with Crippen molar-refractivity contribution in [2.75, 3.05) is 19.6 Å². The van der Waals surface area contributed by atoms with E-state index in [0.29, 0.717) is 19.0 Å². The van der Waals surface area contributed by atoms with E-state index >= 15 is 0 Å². The monoisotopic (exact) mass is 320 g/mol. The van der Waals surface area contributed by atoms with Gasteiger partial charge in [0.15, 0.2) is 0 Å². The van der Waals surface area contributed by atoms with Crippen molar-refractivity contribution in [2.24, 2.45) is 16.8 Å². The zero-order valence-corrected chi connectivity index (χ0v) is 14.6. The fraction of sp³-hybridized carbons (Fsp3) is 0.824. The molecule has 1 spiro atoms. The van der Waals surface area contributed by atoms with E-state index in [-0.39, 0.29) is 23.9 Å². The lowest BCUT2D eigenvalue weighted by Crippen LogP contribution is -2.48. The van der Waals surface area contributed by atoms with Gasteiger partial charge in [-0.25, -0.2) is 4.79 Å². The Morgan fingerprint density at radius 3 is 2.70 bits per heavy atom. The molecule has 2 heterocycles. The molecule has 1 saturated heterocycles. The number of likely N-dealkylation sites (tertiary alicyclic amines) is 1. The van der Waals surface area contributed by atoms with E-state index in [1.54, 1.807) is 0 Å². The van der Waals surface area contributed by atoms with Gasteiger partial charge in [0.05, 0.1) is 0 Å². The first-order valence-electron chi connectivity index (χ1n) is 8.89. The van der Waals surface area contributed by atoms with Gasteiger partial charge < -0.3 is 10.2 Å². The number of likely N-dealkylation sites (N-methyl/N-ethyl adjacent to an activating group) is 1. The van der Waals surface area contributed by atoms with Gasteiger partial charge in [0.25, 0.3) is 5.91 Å². The van der Waals surface area contributed by atoms with Gasteiger partial charge in [0, 0.05) is 38.0 Å². The Morgan fingerprint density at radius 2 is 2.13 bits per heavy atom. The molecular weight excluding hydrogens is 292 g/mol. The number of fused-ring (bicyclic) bond motifs is 2. The van der Waals surface area contributed by atoms with Crippen LogP contribution in [0.4, 0.5) is 4.79 Å². The van der Waals surface area contributed by atoms with Gasteiger partial charge in [-0.3, -0.25) is 14.7 Å². The minimum Gasteiger partial charge on any atom is -0.336 e. The number of hydrogen-bond donors (Lipinski definition) is 1.